The van der Waals surface area contributed by atoms with Crippen LogP contribution in [0.3, 0.4) is 0 Å². The lowest BCUT2D eigenvalue weighted by atomic mass is 9.92. The summed E-state index contributed by atoms with van der Waals surface area (Å²) in [6.45, 7) is 1.80. The smallest absolute Gasteiger partial charge is 0.435 e. The van der Waals surface area contributed by atoms with Crippen LogP contribution >= 0.6 is 23.4 Å². The first-order valence-electron chi connectivity index (χ1n) is 8.96. The van der Waals surface area contributed by atoms with Crippen molar-refractivity contribution in [3.63, 3.8) is 0 Å². The zero-order chi connectivity index (χ0) is 25.2. The fourth-order valence-electron chi connectivity index (χ4n) is 2.78. The number of nitrogens with one attached hydrogen (secondary N) is 1. The number of ether oxygens (including phenoxy) is 1. The van der Waals surface area contributed by atoms with E-state index < -0.39 is 46.7 Å². The highest BCUT2D eigenvalue weighted by atomic mass is 35.5. The monoisotopic (exact) mass is 517 g/mol. The second-order valence-electron chi connectivity index (χ2n) is 6.43. The Labute approximate surface area is 192 Å². The molecule has 1 amide bonds. The zero-order valence-electron chi connectivity index (χ0n) is 16.8. The SMILES string of the molecule is CCSc1cc(Cl)ccc1C(=O)Nc1ccc(C(F)(C(F)(F)F)C(F)(F)F)cc1C(=O)OC. The Balaban J connectivity index is 2.59. The number of benzene rings is 2. The van der Waals surface area contributed by atoms with Crippen molar-refractivity contribution in [2.75, 3.05) is 18.2 Å². The predicted octanol–water partition coefficient (Wildman–Crippen LogP) is 6.78. The second-order valence-corrected chi connectivity index (χ2v) is 8.18. The average molecular weight is 518 g/mol. The van der Waals surface area contributed by atoms with E-state index in [1.54, 1.807) is 6.92 Å². The second kappa shape index (κ2) is 9.80. The van der Waals surface area contributed by atoms with Crippen LogP contribution < -0.4 is 5.32 Å². The first-order valence-corrected chi connectivity index (χ1v) is 10.3. The number of esters is 1. The Kier molecular flexibility index (Phi) is 7.95. The van der Waals surface area contributed by atoms with E-state index >= 15 is 0 Å². The van der Waals surface area contributed by atoms with Crippen LogP contribution in [-0.2, 0) is 10.4 Å². The third-order valence-corrected chi connectivity index (χ3v) is 5.51. The fraction of sp³-hybridized carbons (Fsp3) is 0.300. The minimum atomic E-state index is -6.38. The van der Waals surface area contributed by atoms with Crippen molar-refractivity contribution in [2.24, 2.45) is 0 Å². The first kappa shape index (κ1) is 26.8. The molecule has 0 bridgehead atoms. The Bertz CT molecular complexity index is 1040. The Morgan fingerprint density at radius 3 is 2.09 bits per heavy atom. The van der Waals surface area contributed by atoms with Crippen molar-refractivity contribution in [2.45, 2.75) is 29.8 Å². The van der Waals surface area contributed by atoms with E-state index in [9.17, 15) is 40.3 Å². The van der Waals surface area contributed by atoms with E-state index in [1.807, 2.05) is 0 Å². The molecule has 2 rings (SSSR count). The molecule has 1 N–H and O–H groups in total. The van der Waals surface area contributed by atoms with Crippen molar-refractivity contribution < 1.29 is 45.1 Å². The van der Waals surface area contributed by atoms with Gasteiger partial charge in [-0.05, 0) is 36.1 Å². The van der Waals surface area contributed by atoms with Crippen molar-refractivity contribution in [3.05, 3.63) is 58.1 Å². The number of anilines is 1. The van der Waals surface area contributed by atoms with Gasteiger partial charge in [0.2, 0.25) is 0 Å². The van der Waals surface area contributed by atoms with E-state index in [0.717, 1.165) is 7.11 Å². The molecule has 2 aromatic carbocycles. The molecule has 0 radical (unpaired) electrons. The molecule has 0 saturated carbocycles. The third-order valence-electron chi connectivity index (χ3n) is 4.34. The molecule has 0 spiro atoms. The van der Waals surface area contributed by atoms with E-state index in [-0.39, 0.29) is 17.7 Å². The summed E-state index contributed by atoms with van der Waals surface area (Å²) in [5.74, 6) is -1.67. The third kappa shape index (κ3) is 5.37. The molecular weight excluding hydrogens is 503 g/mol. The number of hydrogen-bond donors (Lipinski definition) is 1. The van der Waals surface area contributed by atoms with Gasteiger partial charge in [-0.15, -0.1) is 11.8 Å². The van der Waals surface area contributed by atoms with Crippen LogP contribution in [0.5, 0.6) is 0 Å². The Morgan fingerprint density at radius 2 is 1.58 bits per heavy atom. The first-order chi connectivity index (χ1) is 15.2. The van der Waals surface area contributed by atoms with Gasteiger partial charge in [0.1, 0.15) is 0 Å². The maximum absolute atomic E-state index is 14.4. The molecule has 4 nitrogen and oxygen atoms in total. The van der Waals surface area contributed by atoms with Gasteiger partial charge in [0.05, 0.1) is 23.9 Å². The van der Waals surface area contributed by atoms with Crippen LogP contribution in [0.25, 0.3) is 0 Å². The number of thioether (sulfide) groups is 1. The summed E-state index contributed by atoms with van der Waals surface area (Å²) in [5.41, 5.74) is -8.96. The highest BCUT2D eigenvalue weighted by Gasteiger charge is 2.73. The van der Waals surface area contributed by atoms with Gasteiger partial charge in [0, 0.05) is 15.5 Å². The normalized spacial score (nSPS) is 12.4. The van der Waals surface area contributed by atoms with Crippen LogP contribution in [0.1, 0.15) is 33.2 Å². The highest BCUT2D eigenvalue weighted by molar-refractivity contribution is 7.99. The van der Waals surface area contributed by atoms with Crippen LogP contribution in [0.4, 0.5) is 36.4 Å². The molecule has 0 heterocycles. The molecule has 0 aliphatic rings. The van der Waals surface area contributed by atoms with Crippen LogP contribution in [0.2, 0.25) is 5.02 Å². The number of halogens is 8. The number of rotatable bonds is 6. The van der Waals surface area contributed by atoms with E-state index in [2.05, 4.69) is 10.1 Å². The molecule has 0 aliphatic carbocycles. The van der Waals surface area contributed by atoms with Gasteiger partial charge in [0.15, 0.2) is 0 Å². The van der Waals surface area contributed by atoms with Crippen molar-refractivity contribution >= 4 is 40.9 Å². The van der Waals surface area contributed by atoms with Crippen molar-refractivity contribution in [1.82, 2.24) is 0 Å². The number of hydrogen-bond acceptors (Lipinski definition) is 4. The number of carbonyl (C=O) groups excluding carboxylic acids is 2. The largest absolute Gasteiger partial charge is 0.465 e. The van der Waals surface area contributed by atoms with Gasteiger partial charge < -0.3 is 10.1 Å². The molecule has 0 unspecified atom stereocenters. The Hall–Kier alpha value is -2.47. The van der Waals surface area contributed by atoms with Gasteiger partial charge in [-0.3, -0.25) is 4.79 Å². The van der Waals surface area contributed by atoms with Gasteiger partial charge in [-0.2, -0.15) is 26.3 Å². The van der Waals surface area contributed by atoms with Gasteiger partial charge >= 0.3 is 24.0 Å². The van der Waals surface area contributed by atoms with Crippen LogP contribution in [0.15, 0.2) is 41.3 Å². The number of methoxy groups -OCH3 is 1. The van der Waals surface area contributed by atoms with Crippen LogP contribution in [0, 0.1) is 0 Å². The maximum Gasteiger partial charge on any atom is 0.435 e. The summed E-state index contributed by atoms with van der Waals surface area (Å²) in [4.78, 5) is 25.2. The average Bonchev–Trinajstić information content (AvgIpc) is 2.71. The van der Waals surface area contributed by atoms with Crippen LogP contribution in [-0.4, -0.2) is 37.1 Å². The van der Waals surface area contributed by atoms with Crippen molar-refractivity contribution in [1.29, 1.82) is 0 Å². The summed E-state index contributed by atoms with van der Waals surface area (Å²) in [7, 11) is 0.812. The molecule has 0 saturated heterocycles. The summed E-state index contributed by atoms with van der Waals surface area (Å²) < 4.78 is 97.3. The number of alkyl halides is 7. The summed E-state index contributed by atoms with van der Waals surface area (Å²) >= 11 is 7.16. The minimum Gasteiger partial charge on any atom is -0.465 e. The number of carbonyl (C=O) groups is 2. The molecule has 0 fully saturated rings. The Morgan fingerprint density at radius 1 is 0.970 bits per heavy atom. The maximum atomic E-state index is 14.4. The lowest BCUT2D eigenvalue weighted by molar-refractivity contribution is -0.348. The molecule has 0 atom stereocenters. The fourth-order valence-corrected chi connectivity index (χ4v) is 3.86. The predicted molar refractivity (Wildman–Crippen MR) is 108 cm³/mol. The molecule has 33 heavy (non-hydrogen) atoms. The molecule has 180 valence electrons. The lowest BCUT2D eigenvalue weighted by Crippen LogP contribution is -2.50. The van der Waals surface area contributed by atoms with Gasteiger partial charge in [0.25, 0.3) is 5.91 Å². The highest BCUT2D eigenvalue weighted by Crippen LogP contribution is 2.53. The molecule has 2 aromatic rings. The molecule has 0 aromatic heterocycles. The molecule has 13 heteroatoms. The lowest BCUT2D eigenvalue weighted by Gasteiger charge is -2.30. The summed E-state index contributed by atoms with van der Waals surface area (Å²) in [6.07, 6.45) is -12.8. The zero-order valence-corrected chi connectivity index (χ0v) is 18.4. The van der Waals surface area contributed by atoms with E-state index in [1.165, 1.54) is 30.0 Å². The standard InChI is InChI=1S/C20H15ClF7NO3S/c1-3-33-15-9-11(21)5-6-12(15)16(30)29-14-7-4-10(8-13(14)17(31)32-2)18(22,19(23,24)25)20(26,27)28/h4-9H,3H2,1-2H3,(H,29,30). The number of amides is 1. The summed E-state index contributed by atoms with van der Waals surface area (Å²) in [5, 5.41) is 2.56. The molecular formula is C20H15ClF7NO3S. The van der Waals surface area contributed by atoms with Crippen molar-refractivity contribution in [3.8, 4) is 0 Å². The topological polar surface area (TPSA) is 55.4 Å². The molecule has 0 aliphatic heterocycles. The summed E-state index contributed by atoms with van der Waals surface area (Å²) in [6, 6.07) is 5.03. The van der Waals surface area contributed by atoms with Gasteiger partial charge in [-0.1, -0.05) is 24.6 Å². The van der Waals surface area contributed by atoms with E-state index in [4.69, 9.17) is 11.6 Å². The van der Waals surface area contributed by atoms with E-state index in [0.29, 0.717) is 21.7 Å². The quantitative estimate of drug-likeness (QED) is 0.261. The minimum absolute atomic E-state index is 0.0476. The van der Waals surface area contributed by atoms with Gasteiger partial charge in [-0.25, -0.2) is 9.18 Å².